The van der Waals surface area contributed by atoms with Crippen molar-refractivity contribution in [1.29, 1.82) is 0 Å². The first-order valence-corrected chi connectivity index (χ1v) is 5.85. The second-order valence-electron chi connectivity index (χ2n) is 3.20. The van der Waals surface area contributed by atoms with Gasteiger partial charge in [0, 0.05) is 13.6 Å². The Labute approximate surface area is 95.1 Å². The lowest BCUT2D eigenvalue weighted by Gasteiger charge is -2.15. The van der Waals surface area contributed by atoms with E-state index in [9.17, 15) is 21.6 Å². The van der Waals surface area contributed by atoms with Crippen LogP contribution in [-0.4, -0.2) is 42.1 Å². The fourth-order valence-electron chi connectivity index (χ4n) is 1.00. The van der Waals surface area contributed by atoms with Gasteiger partial charge in [-0.3, -0.25) is 4.68 Å². The van der Waals surface area contributed by atoms with Gasteiger partial charge in [0.25, 0.3) is 10.0 Å². The summed E-state index contributed by atoms with van der Waals surface area (Å²) in [7, 11) is -2.78. The number of aliphatic hydroxyl groups excluding tert-OH is 1. The minimum Gasteiger partial charge on any atom is -0.382 e. The molecule has 0 bridgehead atoms. The Morgan fingerprint density at radius 3 is 2.59 bits per heavy atom. The summed E-state index contributed by atoms with van der Waals surface area (Å²) in [6.07, 6.45) is -6.42. The lowest BCUT2D eigenvalue weighted by Crippen LogP contribution is -2.41. The maximum Gasteiger partial charge on any atom is 0.415 e. The number of sulfonamides is 1. The van der Waals surface area contributed by atoms with Crippen LogP contribution in [0, 0.1) is 0 Å². The van der Waals surface area contributed by atoms with E-state index in [1.165, 1.54) is 13.2 Å². The van der Waals surface area contributed by atoms with E-state index in [1.54, 1.807) is 4.72 Å². The van der Waals surface area contributed by atoms with Gasteiger partial charge in [0.15, 0.2) is 11.1 Å². The maximum atomic E-state index is 11.9. The summed E-state index contributed by atoms with van der Waals surface area (Å²) in [4.78, 5) is 0. The highest BCUT2D eigenvalue weighted by molar-refractivity contribution is 7.89. The molecule has 98 valence electrons. The number of nitrogens with one attached hydrogen (secondary N) is 1. The topological polar surface area (TPSA) is 84.2 Å². The van der Waals surface area contributed by atoms with Crippen LogP contribution >= 0.6 is 0 Å². The van der Waals surface area contributed by atoms with Crippen LogP contribution in [0.2, 0.25) is 0 Å². The van der Waals surface area contributed by atoms with Gasteiger partial charge in [-0.2, -0.15) is 18.3 Å². The van der Waals surface area contributed by atoms with Crippen LogP contribution in [0.25, 0.3) is 0 Å². The molecular formula is C7H10F3N3O3S. The van der Waals surface area contributed by atoms with E-state index in [4.69, 9.17) is 5.11 Å². The van der Waals surface area contributed by atoms with Crippen LogP contribution < -0.4 is 4.72 Å². The second-order valence-corrected chi connectivity index (χ2v) is 4.92. The summed E-state index contributed by atoms with van der Waals surface area (Å²) >= 11 is 0. The van der Waals surface area contributed by atoms with Crippen LogP contribution in [0.15, 0.2) is 17.3 Å². The van der Waals surface area contributed by atoms with Gasteiger partial charge in [0.2, 0.25) is 0 Å². The van der Waals surface area contributed by atoms with E-state index < -0.39 is 28.8 Å². The third kappa shape index (κ3) is 3.41. The molecule has 0 radical (unpaired) electrons. The number of hydrogen-bond donors (Lipinski definition) is 2. The Morgan fingerprint density at radius 1 is 1.59 bits per heavy atom. The molecule has 1 atom stereocenters. The molecule has 1 aromatic heterocycles. The summed E-state index contributed by atoms with van der Waals surface area (Å²) in [6.45, 7) is -1.14. The first-order valence-electron chi connectivity index (χ1n) is 4.37. The lowest BCUT2D eigenvalue weighted by molar-refractivity contribution is -0.200. The molecule has 1 aromatic rings. The zero-order valence-corrected chi connectivity index (χ0v) is 9.46. The summed E-state index contributed by atoms with van der Waals surface area (Å²) < 4.78 is 61.5. The first kappa shape index (κ1) is 13.9. The zero-order chi connectivity index (χ0) is 13.3. The predicted molar refractivity (Wildman–Crippen MR) is 50.5 cm³/mol. The minimum atomic E-state index is -4.87. The fourth-order valence-corrected chi connectivity index (χ4v) is 2.16. The molecule has 0 aliphatic rings. The molecule has 1 rings (SSSR count). The van der Waals surface area contributed by atoms with Gasteiger partial charge in [-0.25, -0.2) is 13.1 Å². The van der Waals surface area contributed by atoms with Gasteiger partial charge >= 0.3 is 6.18 Å². The van der Waals surface area contributed by atoms with Crippen LogP contribution in [-0.2, 0) is 17.1 Å². The monoisotopic (exact) mass is 273 g/mol. The maximum absolute atomic E-state index is 11.9. The van der Waals surface area contributed by atoms with Crippen molar-refractivity contribution in [2.45, 2.75) is 17.3 Å². The van der Waals surface area contributed by atoms with Gasteiger partial charge in [-0.15, -0.1) is 0 Å². The average molecular weight is 273 g/mol. The van der Waals surface area contributed by atoms with Crippen molar-refractivity contribution in [3.63, 3.8) is 0 Å². The zero-order valence-electron chi connectivity index (χ0n) is 8.64. The second kappa shape index (κ2) is 4.63. The Hall–Kier alpha value is -1.13. The van der Waals surface area contributed by atoms with Crippen LogP contribution in [0.1, 0.15) is 0 Å². The standard InChI is InChI=1S/C7H10F3N3O3S/c1-13-6(2-3-11-13)17(15,16)12-4-5(14)7(8,9)10/h2-3,5,12,14H,4H2,1H3. The molecule has 10 heteroatoms. The number of rotatable bonds is 4. The summed E-state index contributed by atoms with van der Waals surface area (Å²) in [5, 5.41) is 11.9. The van der Waals surface area contributed by atoms with E-state index in [2.05, 4.69) is 5.10 Å². The smallest absolute Gasteiger partial charge is 0.382 e. The predicted octanol–water partition coefficient (Wildman–Crippen LogP) is -0.378. The number of aryl methyl sites for hydroxylation is 1. The molecule has 0 saturated carbocycles. The Morgan fingerprint density at radius 2 is 2.18 bits per heavy atom. The van der Waals surface area contributed by atoms with Crippen LogP contribution in [0.4, 0.5) is 13.2 Å². The molecule has 0 spiro atoms. The molecule has 6 nitrogen and oxygen atoms in total. The Balaban J connectivity index is 2.74. The number of halogens is 3. The lowest BCUT2D eigenvalue weighted by atomic mass is 10.4. The molecule has 0 aromatic carbocycles. The highest BCUT2D eigenvalue weighted by atomic mass is 32.2. The molecule has 17 heavy (non-hydrogen) atoms. The van der Waals surface area contributed by atoms with Crippen LogP contribution in [0.5, 0.6) is 0 Å². The normalized spacial score (nSPS) is 14.9. The number of aliphatic hydroxyl groups is 1. The first-order chi connectivity index (χ1) is 7.64. The van der Waals surface area contributed by atoms with E-state index in [1.807, 2.05) is 0 Å². The summed E-state index contributed by atoms with van der Waals surface area (Å²) in [5.74, 6) is 0. The molecule has 0 aliphatic heterocycles. The van der Waals surface area contributed by atoms with Crippen molar-refractivity contribution in [2.75, 3.05) is 6.54 Å². The molecule has 1 unspecified atom stereocenters. The fraction of sp³-hybridized carbons (Fsp3) is 0.571. The third-order valence-electron chi connectivity index (χ3n) is 1.90. The molecule has 0 amide bonds. The molecule has 1 heterocycles. The van der Waals surface area contributed by atoms with Gasteiger partial charge in [0.05, 0.1) is 6.20 Å². The van der Waals surface area contributed by atoms with Gasteiger partial charge in [0.1, 0.15) is 0 Å². The molecule has 0 aliphatic carbocycles. The summed E-state index contributed by atoms with van der Waals surface area (Å²) in [5.41, 5.74) is 0. The number of aromatic nitrogens is 2. The highest BCUT2D eigenvalue weighted by Crippen LogP contribution is 2.19. The molecule has 2 N–H and O–H groups in total. The van der Waals surface area contributed by atoms with Gasteiger partial charge < -0.3 is 5.11 Å². The minimum absolute atomic E-state index is 0.285. The SMILES string of the molecule is Cn1nccc1S(=O)(=O)NCC(O)C(F)(F)F. The van der Waals surface area contributed by atoms with Crippen molar-refractivity contribution in [1.82, 2.24) is 14.5 Å². The van der Waals surface area contributed by atoms with Crippen LogP contribution in [0.3, 0.4) is 0 Å². The average Bonchev–Trinajstić information content (AvgIpc) is 2.60. The number of alkyl halides is 3. The largest absolute Gasteiger partial charge is 0.415 e. The number of hydrogen-bond acceptors (Lipinski definition) is 4. The van der Waals surface area contributed by atoms with Crippen molar-refractivity contribution in [2.24, 2.45) is 7.05 Å². The number of nitrogens with zero attached hydrogens (tertiary/aromatic N) is 2. The Kier molecular flexibility index (Phi) is 3.79. The summed E-state index contributed by atoms with van der Waals surface area (Å²) in [6, 6.07) is 1.13. The van der Waals surface area contributed by atoms with E-state index in [0.717, 1.165) is 10.7 Å². The van der Waals surface area contributed by atoms with E-state index in [0.29, 0.717) is 0 Å². The Bertz CT molecular complexity index is 482. The van der Waals surface area contributed by atoms with Gasteiger partial charge in [-0.05, 0) is 6.07 Å². The third-order valence-corrected chi connectivity index (χ3v) is 3.39. The van der Waals surface area contributed by atoms with E-state index in [-0.39, 0.29) is 5.03 Å². The highest BCUT2D eigenvalue weighted by Gasteiger charge is 2.38. The molecular weight excluding hydrogens is 263 g/mol. The quantitative estimate of drug-likeness (QED) is 0.783. The van der Waals surface area contributed by atoms with Crippen molar-refractivity contribution in [3.05, 3.63) is 12.3 Å². The van der Waals surface area contributed by atoms with Crippen molar-refractivity contribution < 1.29 is 26.7 Å². The van der Waals surface area contributed by atoms with Crippen molar-refractivity contribution in [3.8, 4) is 0 Å². The van der Waals surface area contributed by atoms with E-state index >= 15 is 0 Å². The van der Waals surface area contributed by atoms with Crippen molar-refractivity contribution >= 4 is 10.0 Å². The molecule has 0 saturated heterocycles. The van der Waals surface area contributed by atoms with Gasteiger partial charge in [-0.1, -0.05) is 0 Å². The molecule has 0 fully saturated rings.